The van der Waals surface area contributed by atoms with Gasteiger partial charge in [-0.05, 0) is 35.6 Å². The molecule has 2 N–H and O–H groups in total. The van der Waals surface area contributed by atoms with Crippen molar-refractivity contribution in [1.82, 2.24) is 0 Å². The molecule has 0 spiro atoms. The highest BCUT2D eigenvalue weighted by atomic mass is 35.5. The van der Waals surface area contributed by atoms with Gasteiger partial charge in [0.1, 0.15) is 0 Å². The van der Waals surface area contributed by atoms with Crippen molar-refractivity contribution in [3.05, 3.63) is 63.6 Å². The van der Waals surface area contributed by atoms with Gasteiger partial charge in [0, 0.05) is 4.90 Å². The number of hydrogen-bond acceptors (Lipinski definition) is 2. The van der Waals surface area contributed by atoms with Crippen LogP contribution < -0.4 is 5.73 Å². The second kappa shape index (κ2) is 5.98. The SMILES string of the molecule is CSc1ccc(C(N)c2cccc(Cl)c2Cl)cc1. The van der Waals surface area contributed by atoms with Crippen LogP contribution in [0, 0.1) is 0 Å². The number of benzene rings is 2. The average molecular weight is 298 g/mol. The third-order valence-corrected chi connectivity index (χ3v) is 4.37. The van der Waals surface area contributed by atoms with Crippen molar-refractivity contribution in [1.29, 1.82) is 0 Å². The highest BCUT2D eigenvalue weighted by Gasteiger charge is 2.14. The molecule has 4 heteroatoms. The van der Waals surface area contributed by atoms with Gasteiger partial charge in [-0.15, -0.1) is 11.8 Å². The smallest absolute Gasteiger partial charge is 0.0643 e. The molecule has 1 nitrogen and oxygen atoms in total. The molecule has 94 valence electrons. The van der Waals surface area contributed by atoms with E-state index in [2.05, 4.69) is 12.1 Å². The van der Waals surface area contributed by atoms with Crippen LogP contribution in [0.1, 0.15) is 17.2 Å². The number of thioether (sulfide) groups is 1. The maximum atomic E-state index is 6.23. The maximum absolute atomic E-state index is 6.23. The van der Waals surface area contributed by atoms with E-state index in [1.54, 1.807) is 17.8 Å². The van der Waals surface area contributed by atoms with Gasteiger partial charge < -0.3 is 5.73 Å². The summed E-state index contributed by atoms with van der Waals surface area (Å²) in [5.41, 5.74) is 8.10. The minimum Gasteiger partial charge on any atom is -0.320 e. The standard InChI is InChI=1S/C14H13Cl2NS/c1-18-10-7-5-9(6-8-10)14(17)11-3-2-4-12(15)13(11)16/h2-8,14H,17H2,1H3. The van der Waals surface area contributed by atoms with E-state index in [1.165, 1.54) is 4.90 Å². The van der Waals surface area contributed by atoms with E-state index < -0.39 is 0 Å². The fraction of sp³-hybridized carbons (Fsp3) is 0.143. The van der Waals surface area contributed by atoms with Crippen molar-refractivity contribution in [3.8, 4) is 0 Å². The first-order chi connectivity index (χ1) is 8.63. The fourth-order valence-electron chi connectivity index (χ4n) is 1.75. The Morgan fingerprint density at radius 3 is 2.33 bits per heavy atom. The molecule has 0 fully saturated rings. The van der Waals surface area contributed by atoms with Crippen molar-refractivity contribution < 1.29 is 0 Å². The summed E-state index contributed by atoms with van der Waals surface area (Å²) in [4.78, 5) is 1.21. The second-order valence-electron chi connectivity index (χ2n) is 3.89. The quantitative estimate of drug-likeness (QED) is 0.826. The Hall–Kier alpha value is -0.670. The number of rotatable bonds is 3. The number of hydrogen-bond donors (Lipinski definition) is 1. The van der Waals surface area contributed by atoms with E-state index >= 15 is 0 Å². The van der Waals surface area contributed by atoms with Crippen LogP contribution in [0.2, 0.25) is 10.0 Å². The molecular formula is C14H13Cl2NS. The normalized spacial score (nSPS) is 12.4. The van der Waals surface area contributed by atoms with Gasteiger partial charge in [0.15, 0.2) is 0 Å². The van der Waals surface area contributed by atoms with Gasteiger partial charge in [-0.1, -0.05) is 47.5 Å². The minimum absolute atomic E-state index is 0.257. The third-order valence-electron chi connectivity index (χ3n) is 2.79. The zero-order valence-electron chi connectivity index (χ0n) is 9.86. The highest BCUT2D eigenvalue weighted by molar-refractivity contribution is 7.98. The highest BCUT2D eigenvalue weighted by Crippen LogP contribution is 2.32. The van der Waals surface area contributed by atoms with Crippen molar-refractivity contribution in [2.75, 3.05) is 6.26 Å². The zero-order chi connectivity index (χ0) is 13.1. The summed E-state index contributed by atoms with van der Waals surface area (Å²) in [6, 6.07) is 13.4. The summed E-state index contributed by atoms with van der Waals surface area (Å²) in [7, 11) is 0. The summed E-state index contributed by atoms with van der Waals surface area (Å²) in [5, 5.41) is 1.06. The molecule has 0 saturated heterocycles. The molecule has 1 atom stereocenters. The Bertz CT molecular complexity index is 540. The summed E-state index contributed by atoms with van der Waals surface area (Å²) in [6.45, 7) is 0. The Labute approximate surface area is 121 Å². The number of nitrogens with two attached hydrogens (primary N) is 1. The molecule has 0 radical (unpaired) electrons. The van der Waals surface area contributed by atoms with Crippen molar-refractivity contribution in [2.45, 2.75) is 10.9 Å². The molecule has 0 aliphatic heterocycles. The molecule has 0 saturated carbocycles. The maximum Gasteiger partial charge on any atom is 0.0643 e. The molecule has 2 aromatic carbocycles. The topological polar surface area (TPSA) is 26.0 Å². The monoisotopic (exact) mass is 297 g/mol. The summed E-state index contributed by atoms with van der Waals surface area (Å²) < 4.78 is 0. The van der Waals surface area contributed by atoms with E-state index in [9.17, 15) is 0 Å². The van der Waals surface area contributed by atoms with Gasteiger partial charge >= 0.3 is 0 Å². The average Bonchev–Trinajstić information content (AvgIpc) is 2.41. The molecule has 2 rings (SSSR count). The molecule has 2 aromatic rings. The van der Waals surface area contributed by atoms with Gasteiger partial charge in [-0.3, -0.25) is 0 Å². The lowest BCUT2D eigenvalue weighted by Gasteiger charge is -2.15. The molecular weight excluding hydrogens is 285 g/mol. The van der Waals surface area contributed by atoms with Crippen LogP contribution in [-0.4, -0.2) is 6.26 Å². The molecule has 0 heterocycles. The summed E-state index contributed by atoms with van der Waals surface area (Å²) in [5.74, 6) is 0. The van der Waals surface area contributed by atoms with E-state index in [-0.39, 0.29) is 6.04 Å². The van der Waals surface area contributed by atoms with Gasteiger partial charge in [-0.25, -0.2) is 0 Å². The van der Waals surface area contributed by atoms with E-state index in [0.29, 0.717) is 10.0 Å². The Kier molecular flexibility index (Phi) is 4.57. The van der Waals surface area contributed by atoms with Crippen molar-refractivity contribution >= 4 is 35.0 Å². The predicted octanol–water partition coefficient (Wildman–Crippen LogP) is 4.76. The van der Waals surface area contributed by atoms with E-state index in [0.717, 1.165) is 11.1 Å². The van der Waals surface area contributed by atoms with Crippen LogP contribution in [0.3, 0.4) is 0 Å². The predicted molar refractivity (Wildman–Crippen MR) is 80.7 cm³/mol. The van der Waals surface area contributed by atoms with Gasteiger partial charge in [0.05, 0.1) is 16.1 Å². The lowest BCUT2D eigenvalue weighted by Crippen LogP contribution is -2.12. The van der Waals surface area contributed by atoms with Crippen LogP contribution in [0.4, 0.5) is 0 Å². The molecule has 0 aliphatic rings. The van der Waals surface area contributed by atoms with Crippen molar-refractivity contribution in [2.24, 2.45) is 5.73 Å². The summed E-state index contributed by atoms with van der Waals surface area (Å²) >= 11 is 13.9. The van der Waals surface area contributed by atoms with Crippen molar-refractivity contribution in [3.63, 3.8) is 0 Å². The minimum atomic E-state index is -0.257. The van der Waals surface area contributed by atoms with E-state index in [4.69, 9.17) is 28.9 Å². The second-order valence-corrected chi connectivity index (χ2v) is 5.56. The van der Waals surface area contributed by atoms with Crippen LogP contribution in [0.15, 0.2) is 47.4 Å². The van der Waals surface area contributed by atoms with Crippen LogP contribution in [-0.2, 0) is 0 Å². The fourth-order valence-corrected chi connectivity index (χ4v) is 2.59. The Morgan fingerprint density at radius 1 is 1.06 bits per heavy atom. The Morgan fingerprint density at radius 2 is 1.72 bits per heavy atom. The van der Waals surface area contributed by atoms with Gasteiger partial charge in [0.25, 0.3) is 0 Å². The van der Waals surface area contributed by atoms with Crippen LogP contribution >= 0.6 is 35.0 Å². The molecule has 1 unspecified atom stereocenters. The lowest BCUT2D eigenvalue weighted by atomic mass is 10.00. The van der Waals surface area contributed by atoms with Crippen LogP contribution in [0.25, 0.3) is 0 Å². The molecule has 0 amide bonds. The molecule has 0 bridgehead atoms. The molecule has 0 aromatic heterocycles. The Balaban J connectivity index is 2.35. The number of halogens is 2. The summed E-state index contributed by atoms with van der Waals surface area (Å²) in [6.07, 6.45) is 2.04. The van der Waals surface area contributed by atoms with Crippen LogP contribution in [0.5, 0.6) is 0 Å². The van der Waals surface area contributed by atoms with E-state index in [1.807, 2.05) is 30.5 Å². The lowest BCUT2D eigenvalue weighted by molar-refractivity contribution is 0.870. The zero-order valence-corrected chi connectivity index (χ0v) is 12.2. The first-order valence-electron chi connectivity index (χ1n) is 5.47. The molecule has 18 heavy (non-hydrogen) atoms. The largest absolute Gasteiger partial charge is 0.320 e. The first-order valence-corrected chi connectivity index (χ1v) is 7.45. The molecule has 0 aliphatic carbocycles. The first kappa shape index (κ1) is 13.8. The third kappa shape index (κ3) is 2.83. The van der Waals surface area contributed by atoms with Gasteiger partial charge in [0.2, 0.25) is 0 Å². The van der Waals surface area contributed by atoms with Gasteiger partial charge in [-0.2, -0.15) is 0 Å².